The van der Waals surface area contributed by atoms with Crippen molar-refractivity contribution in [2.45, 2.75) is 12.8 Å². The predicted octanol–water partition coefficient (Wildman–Crippen LogP) is 0.838. The summed E-state index contributed by atoms with van der Waals surface area (Å²) in [5.74, 6) is 0.129. The van der Waals surface area contributed by atoms with E-state index in [2.05, 4.69) is 15.3 Å². The summed E-state index contributed by atoms with van der Waals surface area (Å²) in [6.07, 6.45) is 4.27. The van der Waals surface area contributed by atoms with Gasteiger partial charge < -0.3 is 9.50 Å². The summed E-state index contributed by atoms with van der Waals surface area (Å²) in [7, 11) is -3.64. The van der Waals surface area contributed by atoms with Gasteiger partial charge in [0.25, 0.3) is 0 Å². The Morgan fingerprint density at radius 1 is 1.33 bits per heavy atom. The second-order valence-electron chi connectivity index (χ2n) is 4.18. The van der Waals surface area contributed by atoms with Crippen LogP contribution in [0.3, 0.4) is 0 Å². The van der Waals surface area contributed by atoms with Crippen molar-refractivity contribution < 1.29 is 12.6 Å². The predicted molar refractivity (Wildman–Crippen MR) is 67.1 cm³/mol. The largest absolute Gasteiger partial charge is 0.343 e. The van der Waals surface area contributed by atoms with E-state index in [4.69, 9.17) is 15.8 Å². The minimum atomic E-state index is -3.64. The van der Waals surface area contributed by atoms with Crippen molar-refractivity contribution in [2.75, 3.05) is 18.8 Å². The van der Waals surface area contributed by atoms with E-state index >= 15 is 0 Å². The van der Waals surface area contributed by atoms with Crippen molar-refractivity contribution >= 4 is 21.7 Å². The molecule has 1 aliphatic heterocycles. The molecule has 1 N–H and O–H groups in total. The third-order valence-electron chi connectivity index (χ3n) is 2.70. The lowest BCUT2D eigenvalue weighted by atomic mass is 10.0. The first-order chi connectivity index (χ1) is 8.55. The van der Waals surface area contributed by atoms with Crippen LogP contribution in [-0.4, -0.2) is 37.2 Å². The lowest BCUT2D eigenvalue weighted by Gasteiger charge is -2.21. The molecule has 0 unspecified atom stereocenters. The molecule has 0 radical (unpaired) electrons. The molecule has 0 atom stereocenters. The van der Waals surface area contributed by atoms with Gasteiger partial charge in [-0.25, -0.2) is 9.97 Å². The van der Waals surface area contributed by atoms with Crippen LogP contribution < -0.4 is 9.50 Å². The van der Waals surface area contributed by atoms with Gasteiger partial charge in [-0.1, -0.05) is 11.6 Å². The molecule has 18 heavy (non-hydrogen) atoms. The summed E-state index contributed by atoms with van der Waals surface area (Å²) < 4.78 is 28.4. The molecule has 0 aromatic carbocycles. The lowest BCUT2D eigenvalue weighted by Crippen LogP contribution is -2.32. The van der Waals surface area contributed by atoms with Gasteiger partial charge in [0.15, 0.2) is 0 Å². The van der Waals surface area contributed by atoms with Crippen molar-refractivity contribution in [1.82, 2.24) is 15.3 Å². The Bertz CT molecular complexity index is 486. The summed E-state index contributed by atoms with van der Waals surface area (Å²) in [4.78, 5) is 7.40. The van der Waals surface area contributed by atoms with E-state index in [9.17, 15) is 8.42 Å². The smallest absolute Gasteiger partial charge is 0.332 e. The van der Waals surface area contributed by atoms with E-state index in [1.54, 1.807) is 0 Å². The molecule has 0 saturated carbocycles. The molecular formula is C10H14ClN3O3S. The molecular weight excluding hydrogens is 278 g/mol. The number of hydrogen-bond donors (Lipinski definition) is 1. The average Bonchev–Trinajstić information content (AvgIpc) is 2.32. The minimum Gasteiger partial charge on any atom is -0.343 e. The number of rotatable bonds is 4. The van der Waals surface area contributed by atoms with Crippen molar-refractivity contribution in [1.29, 1.82) is 0 Å². The molecule has 1 aliphatic rings. The lowest BCUT2D eigenvalue weighted by molar-refractivity contribution is 0.386. The molecule has 0 aliphatic carbocycles. The van der Waals surface area contributed by atoms with Crippen molar-refractivity contribution in [3.63, 3.8) is 0 Å². The highest BCUT2D eigenvalue weighted by Crippen LogP contribution is 2.16. The maximum atomic E-state index is 11.8. The average molecular weight is 292 g/mol. The van der Waals surface area contributed by atoms with E-state index in [-0.39, 0.29) is 17.7 Å². The number of piperidine rings is 1. The van der Waals surface area contributed by atoms with Crippen molar-refractivity contribution in [3.05, 3.63) is 17.4 Å². The van der Waals surface area contributed by atoms with Crippen LogP contribution in [-0.2, 0) is 10.1 Å². The molecule has 6 nitrogen and oxygen atoms in total. The second kappa shape index (κ2) is 5.81. The van der Waals surface area contributed by atoms with Crippen molar-refractivity contribution in [2.24, 2.45) is 5.92 Å². The zero-order valence-corrected chi connectivity index (χ0v) is 11.2. The standard InChI is InChI=1S/C10H14ClN3O3S/c11-9-5-13-10(14-6-9)17-18(15,16)7-8-1-3-12-4-2-8/h5-6,8,12H,1-4,7H2. The zero-order valence-electron chi connectivity index (χ0n) is 9.67. The Morgan fingerprint density at radius 2 is 1.94 bits per heavy atom. The number of aromatic nitrogens is 2. The van der Waals surface area contributed by atoms with Gasteiger partial charge in [0.2, 0.25) is 0 Å². The highest BCUT2D eigenvalue weighted by Gasteiger charge is 2.23. The molecule has 0 amide bonds. The summed E-state index contributed by atoms with van der Waals surface area (Å²) in [5, 5.41) is 3.51. The molecule has 8 heteroatoms. The molecule has 100 valence electrons. The van der Waals surface area contributed by atoms with Gasteiger partial charge in [-0.2, -0.15) is 8.42 Å². The molecule has 1 saturated heterocycles. The first-order valence-electron chi connectivity index (χ1n) is 5.65. The van der Waals surface area contributed by atoms with Gasteiger partial charge in [0, 0.05) is 0 Å². The van der Waals surface area contributed by atoms with E-state index in [1.807, 2.05) is 0 Å². The normalized spacial score (nSPS) is 17.6. The third-order valence-corrected chi connectivity index (χ3v) is 4.17. The van der Waals surface area contributed by atoms with Crippen LogP contribution in [0.5, 0.6) is 6.01 Å². The van der Waals surface area contributed by atoms with Gasteiger partial charge in [-0.05, 0) is 31.8 Å². The Hall–Kier alpha value is -0.920. The monoisotopic (exact) mass is 291 g/mol. The zero-order chi connectivity index (χ0) is 13.0. The first kappa shape index (κ1) is 13.5. The summed E-state index contributed by atoms with van der Waals surface area (Å²) >= 11 is 5.60. The molecule has 0 bridgehead atoms. The summed E-state index contributed by atoms with van der Waals surface area (Å²) in [6.45, 7) is 1.69. The van der Waals surface area contributed by atoms with Crippen LogP contribution in [0.25, 0.3) is 0 Å². The highest BCUT2D eigenvalue weighted by atomic mass is 35.5. The number of hydrogen-bond acceptors (Lipinski definition) is 6. The minimum absolute atomic E-state index is 0.000661. The molecule has 2 rings (SSSR count). The van der Waals surface area contributed by atoms with E-state index in [0.717, 1.165) is 25.9 Å². The molecule has 2 heterocycles. The molecule has 1 aromatic heterocycles. The van der Waals surface area contributed by atoms with Crippen LogP contribution >= 0.6 is 11.6 Å². The topological polar surface area (TPSA) is 81.2 Å². The quantitative estimate of drug-likeness (QED) is 0.828. The van der Waals surface area contributed by atoms with E-state index in [1.165, 1.54) is 12.4 Å². The number of nitrogens with zero attached hydrogens (tertiary/aromatic N) is 2. The van der Waals surface area contributed by atoms with Gasteiger partial charge in [-0.3, -0.25) is 0 Å². The van der Waals surface area contributed by atoms with Crippen LogP contribution in [0.1, 0.15) is 12.8 Å². The van der Waals surface area contributed by atoms with Gasteiger partial charge in [-0.15, -0.1) is 0 Å². The molecule has 1 fully saturated rings. The van der Waals surface area contributed by atoms with Crippen LogP contribution in [0.2, 0.25) is 5.02 Å². The van der Waals surface area contributed by atoms with Gasteiger partial charge in [0.1, 0.15) is 0 Å². The second-order valence-corrected chi connectivity index (χ2v) is 6.24. The Balaban J connectivity index is 1.96. The Morgan fingerprint density at radius 3 is 2.56 bits per heavy atom. The molecule has 1 aromatic rings. The van der Waals surface area contributed by atoms with Gasteiger partial charge >= 0.3 is 16.1 Å². The fourth-order valence-corrected chi connectivity index (χ4v) is 3.22. The first-order valence-corrected chi connectivity index (χ1v) is 7.61. The maximum absolute atomic E-state index is 11.8. The Kier molecular flexibility index (Phi) is 4.36. The maximum Gasteiger partial charge on any atom is 0.332 e. The third kappa shape index (κ3) is 4.08. The highest BCUT2D eigenvalue weighted by molar-refractivity contribution is 7.87. The summed E-state index contributed by atoms with van der Waals surface area (Å²) in [6, 6.07) is -0.187. The fourth-order valence-electron chi connectivity index (χ4n) is 1.83. The van der Waals surface area contributed by atoms with Crippen LogP contribution in [0, 0.1) is 5.92 Å². The summed E-state index contributed by atoms with van der Waals surface area (Å²) in [5.41, 5.74) is 0. The van der Waals surface area contributed by atoms with E-state index < -0.39 is 10.1 Å². The number of nitrogens with one attached hydrogen (secondary N) is 1. The SMILES string of the molecule is O=S(=O)(CC1CCNCC1)Oc1ncc(Cl)cn1. The fraction of sp³-hybridized carbons (Fsp3) is 0.600. The molecule has 0 spiro atoms. The van der Waals surface area contributed by atoms with Crippen LogP contribution in [0.15, 0.2) is 12.4 Å². The Labute approximate surface area is 111 Å². The number of halogens is 1. The van der Waals surface area contributed by atoms with Crippen LogP contribution in [0.4, 0.5) is 0 Å². The van der Waals surface area contributed by atoms with Gasteiger partial charge in [0.05, 0.1) is 23.2 Å². The van der Waals surface area contributed by atoms with Crippen molar-refractivity contribution in [3.8, 4) is 6.01 Å². The van der Waals surface area contributed by atoms with E-state index in [0.29, 0.717) is 5.02 Å².